The first-order chi connectivity index (χ1) is 13.0. The minimum absolute atomic E-state index is 0.0839. The molecule has 3 heteroatoms. The molecule has 0 amide bonds. The van der Waals surface area contributed by atoms with Crippen molar-refractivity contribution >= 4 is 6.08 Å². The molecular weight excluding hydrogens is 334 g/mol. The molecule has 1 aliphatic carbocycles. The van der Waals surface area contributed by atoms with Crippen molar-refractivity contribution in [3.8, 4) is 17.6 Å². The van der Waals surface area contributed by atoms with Gasteiger partial charge in [0.15, 0.2) is 5.60 Å². The number of rotatable bonds is 4. The average Bonchev–Trinajstić information content (AvgIpc) is 2.97. The summed E-state index contributed by atoms with van der Waals surface area (Å²) in [5.41, 5.74) is 1.80. The zero-order valence-electron chi connectivity index (χ0n) is 16.3. The summed E-state index contributed by atoms with van der Waals surface area (Å²) in [4.78, 5) is 2.12. The van der Waals surface area contributed by atoms with Crippen LogP contribution < -0.4 is 4.74 Å². The summed E-state index contributed by atoms with van der Waals surface area (Å²) in [6.07, 6.45) is 3.83. The summed E-state index contributed by atoms with van der Waals surface area (Å²) in [7, 11) is 5.74. The molecule has 0 spiro atoms. The maximum atomic E-state index is 11.6. The van der Waals surface area contributed by atoms with Gasteiger partial charge in [0.05, 0.1) is 7.11 Å². The van der Waals surface area contributed by atoms with E-state index in [0.717, 1.165) is 41.8 Å². The Morgan fingerprint density at radius 1 is 1.19 bits per heavy atom. The number of aliphatic hydroxyl groups is 1. The number of nitrogens with zero attached hydrogens (tertiary/aromatic N) is 1. The highest BCUT2D eigenvalue weighted by Gasteiger charge is 2.44. The minimum atomic E-state index is -1.12. The van der Waals surface area contributed by atoms with Gasteiger partial charge in [0.2, 0.25) is 0 Å². The highest BCUT2D eigenvalue weighted by Crippen LogP contribution is 2.41. The van der Waals surface area contributed by atoms with Gasteiger partial charge < -0.3 is 14.7 Å². The van der Waals surface area contributed by atoms with Crippen LogP contribution in [-0.4, -0.2) is 43.4 Å². The van der Waals surface area contributed by atoms with Gasteiger partial charge in [-0.2, -0.15) is 0 Å². The molecular formula is C24H27NO2. The van der Waals surface area contributed by atoms with Crippen LogP contribution in [0.2, 0.25) is 0 Å². The highest BCUT2D eigenvalue weighted by molar-refractivity contribution is 5.60. The van der Waals surface area contributed by atoms with E-state index in [4.69, 9.17) is 4.74 Å². The Bertz CT molecular complexity index is 861. The molecule has 3 nitrogen and oxygen atoms in total. The van der Waals surface area contributed by atoms with E-state index in [-0.39, 0.29) is 5.92 Å². The fourth-order valence-electron chi connectivity index (χ4n) is 3.64. The maximum Gasteiger partial charge on any atom is 0.151 e. The maximum absolute atomic E-state index is 11.6. The lowest BCUT2D eigenvalue weighted by Gasteiger charge is -2.28. The number of benzene rings is 2. The average molecular weight is 361 g/mol. The van der Waals surface area contributed by atoms with E-state index in [1.807, 2.05) is 68.7 Å². The summed E-state index contributed by atoms with van der Waals surface area (Å²) in [5, 5.41) is 11.6. The fraction of sp³-hybridized carbons (Fsp3) is 0.333. The smallest absolute Gasteiger partial charge is 0.151 e. The van der Waals surface area contributed by atoms with Crippen molar-refractivity contribution in [3.63, 3.8) is 0 Å². The highest BCUT2D eigenvalue weighted by atomic mass is 16.5. The van der Waals surface area contributed by atoms with E-state index in [0.29, 0.717) is 0 Å². The monoisotopic (exact) mass is 361 g/mol. The van der Waals surface area contributed by atoms with Gasteiger partial charge in [0, 0.05) is 18.0 Å². The van der Waals surface area contributed by atoms with Crippen molar-refractivity contribution in [2.24, 2.45) is 5.92 Å². The van der Waals surface area contributed by atoms with Crippen molar-refractivity contribution in [3.05, 3.63) is 71.3 Å². The third kappa shape index (κ3) is 4.60. The lowest BCUT2D eigenvalue weighted by Crippen LogP contribution is -2.39. The van der Waals surface area contributed by atoms with Crippen LogP contribution in [-0.2, 0) is 0 Å². The molecule has 0 radical (unpaired) electrons. The first-order valence-electron chi connectivity index (χ1n) is 9.31. The van der Waals surface area contributed by atoms with Crippen molar-refractivity contribution in [2.45, 2.75) is 18.4 Å². The fourth-order valence-corrected chi connectivity index (χ4v) is 3.64. The van der Waals surface area contributed by atoms with Crippen LogP contribution in [0.3, 0.4) is 0 Å². The molecule has 2 aromatic rings. The van der Waals surface area contributed by atoms with E-state index in [1.54, 1.807) is 7.11 Å². The first-order valence-corrected chi connectivity index (χ1v) is 9.31. The molecule has 27 heavy (non-hydrogen) atoms. The molecule has 0 heterocycles. The topological polar surface area (TPSA) is 32.7 Å². The molecule has 0 aromatic heterocycles. The third-order valence-corrected chi connectivity index (χ3v) is 5.03. The van der Waals surface area contributed by atoms with Crippen LogP contribution in [0.25, 0.3) is 6.08 Å². The molecule has 1 N–H and O–H groups in total. The van der Waals surface area contributed by atoms with Crippen LogP contribution in [0.5, 0.6) is 5.75 Å². The molecule has 2 aromatic carbocycles. The van der Waals surface area contributed by atoms with E-state index in [9.17, 15) is 5.11 Å². The molecule has 2 unspecified atom stereocenters. The molecule has 2 atom stereocenters. The predicted molar refractivity (Wildman–Crippen MR) is 111 cm³/mol. The molecule has 1 fully saturated rings. The van der Waals surface area contributed by atoms with Gasteiger partial charge in [-0.3, -0.25) is 0 Å². The summed E-state index contributed by atoms with van der Waals surface area (Å²) in [6, 6.07) is 17.7. The van der Waals surface area contributed by atoms with Crippen molar-refractivity contribution in [1.82, 2.24) is 4.90 Å². The summed E-state index contributed by atoms with van der Waals surface area (Å²) in [5.74, 6) is 7.29. The zero-order valence-corrected chi connectivity index (χ0v) is 16.3. The Labute approximate surface area is 162 Å². The Morgan fingerprint density at radius 3 is 2.67 bits per heavy atom. The van der Waals surface area contributed by atoms with E-state index < -0.39 is 5.60 Å². The standard InChI is InChI=1S/C24H27NO2/c1-25(2)18-22-13-12-21(16-20-10-7-11-23(17-20)27-3)24(22,26)15-14-19-8-5-4-6-9-19/h4-11,16-17,22,26H,12-13,18H2,1-3H3/b21-16+. The second-order valence-electron chi connectivity index (χ2n) is 7.33. The number of methoxy groups -OCH3 is 1. The van der Waals surface area contributed by atoms with Crippen molar-refractivity contribution in [1.29, 1.82) is 0 Å². The van der Waals surface area contributed by atoms with Gasteiger partial charge in [0.25, 0.3) is 0 Å². The lowest BCUT2D eigenvalue weighted by atomic mass is 9.87. The van der Waals surface area contributed by atoms with Gasteiger partial charge in [-0.1, -0.05) is 48.2 Å². The molecule has 0 aliphatic heterocycles. The Balaban J connectivity index is 1.99. The van der Waals surface area contributed by atoms with E-state index in [1.165, 1.54) is 0 Å². The summed E-state index contributed by atoms with van der Waals surface area (Å²) >= 11 is 0. The van der Waals surface area contributed by atoms with Gasteiger partial charge in [-0.15, -0.1) is 0 Å². The SMILES string of the molecule is COc1cccc(/C=C2\CCC(CN(C)C)C2(O)C#Cc2ccccc2)c1. The van der Waals surface area contributed by atoms with Crippen molar-refractivity contribution in [2.75, 3.05) is 27.7 Å². The van der Waals surface area contributed by atoms with E-state index in [2.05, 4.69) is 22.8 Å². The molecule has 0 bridgehead atoms. The minimum Gasteiger partial charge on any atom is -0.497 e. The summed E-state index contributed by atoms with van der Waals surface area (Å²) in [6.45, 7) is 0.801. The molecule has 140 valence electrons. The second-order valence-corrected chi connectivity index (χ2v) is 7.33. The molecule has 1 aliphatic rings. The van der Waals surface area contributed by atoms with Crippen LogP contribution in [0, 0.1) is 17.8 Å². The van der Waals surface area contributed by atoms with Crippen LogP contribution >= 0.6 is 0 Å². The summed E-state index contributed by atoms with van der Waals surface area (Å²) < 4.78 is 5.32. The van der Waals surface area contributed by atoms with E-state index >= 15 is 0 Å². The first kappa shape index (κ1) is 19.2. The van der Waals surface area contributed by atoms with Crippen LogP contribution in [0.1, 0.15) is 24.0 Å². The number of ether oxygens (including phenoxy) is 1. The molecule has 3 rings (SSSR count). The van der Waals surface area contributed by atoms with Crippen LogP contribution in [0.4, 0.5) is 0 Å². The number of hydrogen-bond acceptors (Lipinski definition) is 3. The molecule has 0 saturated heterocycles. The predicted octanol–water partition coefficient (Wildman–Crippen LogP) is 3.83. The largest absolute Gasteiger partial charge is 0.497 e. The quantitative estimate of drug-likeness (QED) is 0.840. The zero-order chi connectivity index (χ0) is 19.3. The van der Waals surface area contributed by atoms with Gasteiger partial charge in [-0.25, -0.2) is 0 Å². The Kier molecular flexibility index (Phi) is 6.01. The van der Waals surface area contributed by atoms with Crippen molar-refractivity contribution < 1.29 is 9.84 Å². The molecule has 1 saturated carbocycles. The Morgan fingerprint density at radius 2 is 1.96 bits per heavy atom. The Hall–Kier alpha value is -2.54. The van der Waals surface area contributed by atoms with Crippen LogP contribution in [0.15, 0.2) is 60.2 Å². The van der Waals surface area contributed by atoms with Gasteiger partial charge in [0.1, 0.15) is 5.75 Å². The third-order valence-electron chi connectivity index (χ3n) is 5.03. The van der Waals surface area contributed by atoms with Gasteiger partial charge >= 0.3 is 0 Å². The lowest BCUT2D eigenvalue weighted by molar-refractivity contribution is 0.0790. The number of hydrogen-bond donors (Lipinski definition) is 1. The normalized spacial score (nSPS) is 23.3. The second kappa shape index (κ2) is 8.43. The van der Waals surface area contributed by atoms with Gasteiger partial charge in [-0.05, 0) is 62.3 Å².